The largest absolute Gasteiger partial charge is 0.352 e. The predicted molar refractivity (Wildman–Crippen MR) is 64.0 cm³/mol. The highest BCUT2D eigenvalue weighted by atomic mass is 79.9. The van der Waals surface area contributed by atoms with E-state index >= 15 is 0 Å². The molecule has 0 spiro atoms. The van der Waals surface area contributed by atoms with Crippen LogP contribution in [0.15, 0.2) is 17.5 Å². The molecule has 0 saturated carbocycles. The molecule has 1 rings (SSSR count). The number of carbonyl (C=O) groups excluding carboxylic acids is 1. The lowest BCUT2D eigenvalue weighted by Gasteiger charge is -2.13. The van der Waals surface area contributed by atoms with E-state index in [1.807, 2.05) is 19.9 Å². The van der Waals surface area contributed by atoms with Crippen molar-refractivity contribution < 1.29 is 4.79 Å². The first kappa shape index (κ1) is 11.7. The van der Waals surface area contributed by atoms with Crippen molar-refractivity contribution in [3.63, 3.8) is 0 Å². The molecule has 1 amide bonds. The average Bonchev–Trinajstić information content (AvgIpc) is 2.56. The van der Waals surface area contributed by atoms with Crippen LogP contribution in [0.4, 0.5) is 0 Å². The summed E-state index contributed by atoms with van der Waals surface area (Å²) < 4.78 is 0. The zero-order valence-corrected chi connectivity index (χ0v) is 10.7. The quantitative estimate of drug-likeness (QED) is 0.841. The lowest BCUT2D eigenvalue weighted by molar-refractivity contribution is -0.120. The van der Waals surface area contributed by atoms with E-state index in [4.69, 9.17) is 0 Å². The minimum Gasteiger partial charge on any atom is -0.352 e. The maximum absolute atomic E-state index is 11.3. The summed E-state index contributed by atoms with van der Waals surface area (Å²) in [5.41, 5.74) is 0. The lowest BCUT2D eigenvalue weighted by Crippen LogP contribution is -2.37. The molecule has 0 saturated heterocycles. The summed E-state index contributed by atoms with van der Waals surface area (Å²) in [5.74, 6) is 0.0501. The maximum Gasteiger partial charge on any atom is 0.233 e. The van der Waals surface area contributed by atoms with E-state index in [1.54, 1.807) is 11.3 Å². The van der Waals surface area contributed by atoms with Crippen LogP contribution in [0.25, 0.3) is 0 Å². The van der Waals surface area contributed by atoms with E-state index in [1.165, 1.54) is 4.88 Å². The third-order valence-corrected chi connectivity index (χ3v) is 3.15. The van der Waals surface area contributed by atoms with E-state index in [0.717, 1.165) is 6.42 Å². The van der Waals surface area contributed by atoms with Crippen LogP contribution < -0.4 is 5.32 Å². The first-order valence-corrected chi connectivity index (χ1v) is 6.36. The molecule has 0 aromatic carbocycles. The molecule has 2 nitrogen and oxygen atoms in total. The molecule has 0 bridgehead atoms. The van der Waals surface area contributed by atoms with Crippen molar-refractivity contribution in [2.75, 3.05) is 0 Å². The van der Waals surface area contributed by atoms with Crippen LogP contribution in [0.3, 0.4) is 0 Å². The Morgan fingerprint density at radius 3 is 2.86 bits per heavy atom. The fourth-order valence-electron chi connectivity index (χ4n) is 1.14. The molecule has 0 fully saturated rings. The Morgan fingerprint density at radius 1 is 1.64 bits per heavy atom. The minimum atomic E-state index is -0.117. The van der Waals surface area contributed by atoms with Gasteiger partial charge in [0.1, 0.15) is 0 Å². The van der Waals surface area contributed by atoms with Gasteiger partial charge >= 0.3 is 0 Å². The SMILES string of the molecule is CC(Cc1cccs1)NC(=O)C(C)Br. The lowest BCUT2D eigenvalue weighted by atomic mass is 10.2. The van der Waals surface area contributed by atoms with Gasteiger partial charge in [0.25, 0.3) is 0 Å². The number of halogens is 1. The van der Waals surface area contributed by atoms with Gasteiger partial charge in [-0.15, -0.1) is 11.3 Å². The Kier molecular flexibility index (Phi) is 4.62. The molecule has 2 unspecified atom stereocenters. The number of rotatable bonds is 4. The number of hydrogen-bond donors (Lipinski definition) is 1. The molecule has 4 heteroatoms. The molecule has 0 aliphatic rings. The normalized spacial score (nSPS) is 14.8. The van der Waals surface area contributed by atoms with Gasteiger partial charge in [0.15, 0.2) is 0 Å². The maximum atomic E-state index is 11.3. The third-order valence-electron chi connectivity index (χ3n) is 1.84. The zero-order valence-electron chi connectivity index (χ0n) is 8.29. The molecule has 1 aromatic heterocycles. The van der Waals surface area contributed by atoms with Gasteiger partial charge in [-0.1, -0.05) is 22.0 Å². The van der Waals surface area contributed by atoms with Crippen molar-refractivity contribution in [1.82, 2.24) is 5.32 Å². The van der Waals surface area contributed by atoms with Gasteiger partial charge < -0.3 is 5.32 Å². The smallest absolute Gasteiger partial charge is 0.233 e. The molecule has 2 atom stereocenters. The molecule has 0 aliphatic heterocycles. The molecule has 1 heterocycles. The van der Waals surface area contributed by atoms with Crippen molar-refractivity contribution in [2.24, 2.45) is 0 Å². The third kappa shape index (κ3) is 3.80. The van der Waals surface area contributed by atoms with Gasteiger partial charge in [-0.05, 0) is 25.3 Å². The second kappa shape index (κ2) is 5.51. The van der Waals surface area contributed by atoms with Crippen molar-refractivity contribution >= 4 is 33.2 Å². The standard InChI is InChI=1S/C10H14BrNOS/c1-7(12-10(13)8(2)11)6-9-4-3-5-14-9/h3-5,7-8H,6H2,1-2H3,(H,12,13). The summed E-state index contributed by atoms with van der Waals surface area (Å²) in [6.07, 6.45) is 0.906. The summed E-state index contributed by atoms with van der Waals surface area (Å²) in [5, 5.41) is 4.99. The second-order valence-corrected chi connectivity index (χ2v) is 5.71. The van der Waals surface area contributed by atoms with Crippen molar-refractivity contribution in [2.45, 2.75) is 31.1 Å². The van der Waals surface area contributed by atoms with E-state index in [9.17, 15) is 4.79 Å². The highest BCUT2D eigenvalue weighted by Crippen LogP contribution is 2.11. The molecule has 78 valence electrons. The molecule has 1 N–H and O–H groups in total. The fourth-order valence-corrected chi connectivity index (χ4v) is 2.11. The van der Waals surface area contributed by atoms with Crippen LogP contribution >= 0.6 is 27.3 Å². The molecule has 14 heavy (non-hydrogen) atoms. The predicted octanol–water partition coefficient (Wildman–Crippen LogP) is 2.58. The summed E-state index contributed by atoms with van der Waals surface area (Å²) in [7, 11) is 0. The summed E-state index contributed by atoms with van der Waals surface area (Å²) >= 11 is 4.96. The summed E-state index contributed by atoms with van der Waals surface area (Å²) in [4.78, 5) is 12.5. The molecular weight excluding hydrogens is 262 g/mol. The van der Waals surface area contributed by atoms with Crippen LogP contribution in [-0.2, 0) is 11.2 Å². The first-order chi connectivity index (χ1) is 6.59. The van der Waals surface area contributed by atoms with E-state index in [0.29, 0.717) is 0 Å². The van der Waals surface area contributed by atoms with Gasteiger partial charge in [-0.25, -0.2) is 0 Å². The van der Waals surface area contributed by atoms with Crippen LogP contribution in [0, 0.1) is 0 Å². The first-order valence-electron chi connectivity index (χ1n) is 4.56. The van der Waals surface area contributed by atoms with E-state index in [-0.39, 0.29) is 16.8 Å². The van der Waals surface area contributed by atoms with Gasteiger partial charge in [0, 0.05) is 17.3 Å². The van der Waals surface area contributed by atoms with Crippen LogP contribution in [-0.4, -0.2) is 16.8 Å². The van der Waals surface area contributed by atoms with Gasteiger partial charge in [0.2, 0.25) is 5.91 Å². The summed E-state index contributed by atoms with van der Waals surface area (Å²) in [6.45, 7) is 3.85. The molecule has 0 radical (unpaired) electrons. The second-order valence-electron chi connectivity index (χ2n) is 3.31. The fraction of sp³-hybridized carbons (Fsp3) is 0.500. The van der Waals surface area contributed by atoms with Gasteiger partial charge in [-0.3, -0.25) is 4.79 Å². The Balaban J connectivity index is 2.36. The van der Waals surface area contributed by atoms with Crippen molar-refractivity contribution in [3.05, 3.63) is 22.4 Å². The topological polar surface area (TPSA) is 29.1 Å². The van der Waals surface area contributed by atoms with Crippen LogP contribution in [0.2, 0.25) is 0 Å². The van der Waals surface area contributed by atoms with Gasteiger partial charge in [-0.2, -0.15) is 0 Å². The van der Waals surface area contributed by atoms with E-state index < -0.39 is 0 Å². The Bertz CT molecular complexity index is 284. The number of nitrogens with one attached hydrogen (secondary N) is 1. The van der Waals surface area contributed by atoms with Crippen molar-refractivity contribution in [1.29, 1.82) is 0 Å². The molecule has 0 aliphatic carbocycles. The van der Waals surface area contributed by atoms with Crippen molar-refractivity contribution in [3.8, 4) is 0 Å². The zero-order chi connectivity index (χ0) is 10.6. The van der Waals surface area contributed by atoms with Gasteiger partial charge in [0.05, 0.1) is 4.83 Å². The highest BCUT2D eigenvalue weighted by Gasteiger charge is 2.12. The van der Waals surface area contributed by atoms with Crippen LogP contribution in [0.5, 0.6) is 0 Å². The van der Waals surface area contributed by atoms with Crippen LogP contribution in [0.1, 0.15) is 18.7 Å². The summed E-state index contributed by atoms with van der Waals surface area (Å²) in [6, 6.07) is 4.31. The Morgan fingerprint density at radius 2 is 2.36 bits per heavy atom. The number of hydrogen-bond acceptors (Lipinski definition) is 2. The minimum absolute atomic E-state index is 0.0501. The molecule has 1 aromatic rings. The number of thiophene rings is 1. The van der Waals surface area contributed by atoms with E-state index in [2.05, 4.69) is 32.7 Å². The Labute approximate surface area is 96.8 Å². The average molecular weight is 276 g/mol. The Hall–Kier alpha value is -0.350. The molecular formula is C10H14BrNOS. The monoisotopic (exact) mass is 275 g/mol. The number of carbonyl (C=O) groups is 1. The number of amides is 1. The highest BCUT2D eigenvalue weighted by molar-refractivity contribution is 9.10. The number of alkyl halides is 1.